The molecule has 21 heavy (non-hydrogen) atoms. The van der Waals surface area contributed by atoms with Crippen molar-refractivity contribution in [2.45, 2.75) is 25.3 Å². The Morgan fingerprint density at radius 3 is 3.14 bits per heavy atom. The molecule has 3 rings (SSSR count). The van der Waals surface area contributed by atoms with E-state index in [1.165, 1.54) is 16.2 Å². The summed E-state index contributed by atoms with van der Waals surface area (Å²) in [7, 11) is 0. The van der Waals surface area contributed by atoms with Crippen LogP contribution in [0.3, 0.4) is 0 Å². The fraction of sp³-hybridized carbons (Fsp3) is 0.286. The molecule has 7 heteroatoms. The second-order valence-corrected chi connectivity index (χ2v) is 6.52. The molecule has 0 fully saturated rings. The number of benzene rings is 1. The molecule has 0 spiro atoms. The number of anilines is 2. The van der Waals surface area contributed by atoms with Crippen LogP contribution in [0.15, 0.2) is 24.3 Å². The molecule has 0 saturated carbocycles. The summed E-state index contributed by atoms with van der Waals surface area (Å²) in [6, 6.07) is 6.96. The third-order valence-electron chi connectivity index (χ3n) is 3.37. The van der Waals surface area contributed by atoms with Crippen molar-refractivity contribution < 1.29 is 4.79 Å². The maximum Gasteiger partial charge on any atom is 0.319 e. The molecule has 0 aliphatic heterocycles. The SMILES string of the molecule is Nc1nc2c(s1)C[C@@H](NC(=O)Nc1cccc(Cl)c1)CC2. The van der Waals surface area contributed by atoms with E-state index in [9.17, 15) is 4.79 Å². The van der Waals surface area contributed by atoms with Crippen LogP contribution in [0, 0.1) is 0 Å². The fourth-order valence-corrected chi connectivity index (χ4v) is 3.59. The summed E-state index contributed by atoms with van der Waals surface area (Å²) in [5.41, 5.74) is 7.47. The average molecular weight is 323 g/mol. The quantitative estimate of drug-likeness (QED) is 0.795. The van der Waals surface area contributed by atoms with E-state index >= 15 is 0 Å². The van der Waals surface area contributed by atoms with Gasteiger partial charge in [0, 0.05) is 28.0 Å². The minimum atomic E-state index is -0.219. The lowest BCUT2D eigenvalue weighted by atomic mass is 9.98. The minimum absolute atomic E-state index is 0.108. The molecule has 1 aromatic heterocycles. The van der Waals surface area contributed by atoms with E-state index in [-0.39, 0.29) is 12.1 Å². The van der Waals surface area contributed by atoms with Gasteiger partial charge in [0.1, 0.15) is 0 Å². The zero-order chi connectivity index (χ0) is 14.8. The summed E-state index contributed by atoms with van der Waals surface area (Å²) in [6.45, 7) is 0. The number of rotatable bonds is 2. The van der Waals surface area contributed by atoms with Crippen LogP contribution in [0.5, 0.6) is 0 Å². The Kier molecular flexibility index (Phi) is 3.98. The Morgan fingerprint density at radius 1 is 1.48 bits per heavy atom. The van der Waals surface area contributed by atoms with Crippen LogP contribution in [0.2, 0.25) is 5.02 Å². The van der Waals surface area contributed by atoms with Crippen LogP contribution in [0.1, 0.15) is 17.0 Å². The Balaban J connectivity index is 1.59. The molecule has 0 radical (unpaired) electrons. The molecule has 5 nitrogen and oxygen atoms in total. The Hall–Kier alpha value is -1.79. The van der Waals surface area contributed by atoms with Crippen LogP contribution < -0.4 is 16.4 Å². The average Bonchev–Trinajstić information content (AvgIpc) is 2.78. The summed E-state index contributed by atoms with van der Waals surface area (Å²) >= 11 is 7.39. The molecule has 0 bridgehead atoms. The molecule has 4 N–H and O–H groups in total. The highest BCUT2D eigenvalue weighted by molar-refractivity contribution is 7.15. The topological polar surface area (TPSA) is 80.0 Å². The monoisotopic (exact) mass is 322 g/mol. The first kappa shape index (κ1) is 14.2. The van der Waals surface area contributed by atoms with Crippen LogP contribution in [0.4, 0.5) is 15.6 Å². The van der Waals surface area contributed by atoms with Crippen molar-refractivity contribution >= 4 is 39.8 Å². The first-order valence-corrected chi connectivity index (χ1v) is 7.87. The van der Waals surface area contributed by atoms with E-state index in [1.807, 2.05) is 0 Å². The number of nitrogen functional groups attached to an aromatic ring is 1. The molecule has 1 aliphatic rings. The number of thiazole rings is 1. The lowest BCUT2D eigenvalue weighted by Gasteiger charge is -2.22. The smallest absolute Gasteiger partial charge is 0.319 e. The van der Waals surface area contributed by atoms with Gasteiger partial charge in [-0.3, -0.25) is 0 Å². The fourth-order valence-electron chi connectivity index (χ4n) is 2.44. The number of carbonyl (C=O) groups is 1. The van der Waals surface area contributed by atoms with Crippen molar-refractivity contribution in [2.24, 2.45) is 0 Å². The number of aromatic nitrogens is 1. The van der Waals surface area contributed by atoms with Crippen molar-refractivity contribution in [2.75, 3.05) is 11.1 Å². The maximum absolute atomic E-state index is 12.0. The number of aryl methyl sites for hydroxylation is 1. The number of urea groups is 1. The van der Waals surface area contributed by atoms with Gasteiger partial charge in [-0.15, -0.1) is 11.3 Å². The third-order valence-corrected chi connectivity index (χ3v) is 4.56. The second kappa shape index (κ2) is 5.91. The molecule has 1 aromatic carbocycles. The number of hydrogen-bond donors (Lipinski definition) is 3. The molecular weight excluding hydrogens is 308 g/mol. The van der Waals surface area contributed by atoms with Crippen LogP contribution in [-0.2, 0) is 12.8 Å². The number of halogens is 1. The van der Waals surface area contributed by atoms with E-state index in [4.69, 9.17) is 17.3 Å². The summed E-state index contributed by atoms with van der Waals surface area (Å²) in [5.74, 6) is 0. The van der Waals surface area contributed by atoms with E-state index in [2.05, 4.69) is 15.6 Å². The molecule has 1 heterocycles. The summed E-state index contributed by atoms with van der Waals surface area (Å²) < 4.78 is 0. The van der Waals surface area contributed by atoms with Gasteiger partial charge in [-0.1, -0.05) is 17.7 Å². The van der Waals surface area contributed by atoms with Crippen LogP contribution >= 0.6 is 22.9 Å². The van der Waals surface area contributed by atoms with Gasteiger partial charge in [0.25, 0.3) is 0 Å². The normalized spacial score (nSPS) is 17.1. The van der Waals surface area contributed by atoms with E-state index in [1.54, 1.807) is 24.3 Å². The van der Waals surface area contributed by atoms with Gasteiger partial charge in [-0.25, -0.2) is 9.78 Å². The van der Waals surface area contributed by atoms with E-state index in [0.717, 1.165) is 25.0 Å². The molecule has 1 atom stereocenters. The molecular formula is C14H15ClN4OS. The van der Waals surface area contributed by atoms with Gasteiger partial charge in [-0.2, -0.15) is 0 Å². The second-order valence-electron chi connectivity index (χ2n) is 4.97. The van der Waals surface area contributed by atoms with Crippen molar-refractivity contribution in [3.8, 4) is 0 Å². The third kappa shape index (κ3) is 3.46. The van der Waals surface area contributed by atoms with Gasteiger partial charge >= 0.3 is 6.03 Å². The number of carbonyl (C=O) groups excluding carboxylic acids is 1. The number of nitrogens with zero attached hydrogens (tertiary/aromatic N) is 1. The Morgan fingerprint density at radius 2 is 2.33 bits per heavy atom. The summed E-state index contributed by atoms with van der Waals surface area (Å²) in [6.07, 6.45) is 2.51. The lowest BCUT2D eigenvalue weighted by Crippen LogP contribution is -2.41. The van der Waals surface area contributed by atoms with Crippen molar-refractivity contribution in [3.05, 3.63) is 39.9 Å². The zero-order valence-electron chi connectivity index (χ0n) is 11.2. The van der Waals surface area contributed by atoms with Crippen molar-refractivity contribution in [3.63, 3.8) is 0 Å². The lowest BCUT2D eigenvalue weighted by molar-refractivity contribution is 0.247. The Bertz CT molecular complexity index is 673. The number of fused-ring (bicyclic) bond motifs is 1. The molecule has 2 aromatic rings. The van der Waals surface area contributed by atoms with Gasteiger partial charge < -0.3 is 16.4 Å². The maximum atomic E-state index is 12.0. The largest absolute Gasteiger partial charge is 0.375 e. The number of amides is 2. The van der Waals surface area contributed by atoms with E-state index < -0.39 is 0 Å². The number of nitrogens with two attached hydrogens (primary N) is 1. The number of nitrogens with one attached hydrogen (secondary N) is 2. The van der Waals surface area contributed by atoms with Crippen LogP contribution in [-0.4, -0.2) is 17.1 Å². The van der Waals surface area contributed by atoms with Gasteiger partial charge in [0.2, 0.25) is 0 Å². The molecule has 0 unspecified atom stereocenters. The van der Waals surface area contributed by atoms with Crippen molar-refractivity contribution in [1.29, 1.82) is 0 Å². The minimum Gasteiger partial charge on any atom is -0.375 e. The molecule has 110 valence electrons. The highest BCUT2D eigenvalue weighted by Gasteiger charge is 2.23. The standard InChI is InChI=1S/C14H15ClN4OS/c15-8-2-1-3-9(6-8)17-14(20)18-10-4-5-11-12(7-10)21-13(16)19-11/h1-3,6,10H,4-5,7H2,(H2,16,19)(H2,17,18,20)/t10-/m0/s1. The molecule has 1 aliphatic carbocycles. The highest BCUT2D eigenvalue weighted by Crippen LogP contribution is 2.28. The molecule has 0 saturated heterocycles. The zero-order valence-corrected chi connectivity index (χ0v) is 12.8. The van der Waals surface area contributed by atoms with Crippen molar-refractivity contribution in [1.82, 2.24) is 10.3 Å². The predicted octanol–water partition coefficient (Wildman–Crippen LogP) is 3.06. The summed E-state index contributed by atoms with van der Waals surface area (Å²) in [4.78, 5) is 17.5. The first-order valence-electron chi connectivity index (χ1n) is 6.67. The van der Waals surface area contributed by atoms with Gasteiger partial charge in [-0.05, 0) is 31.0 Å². The summed E-state index contributed by atoms with van der Waals surface area (Å²) in [5, 5.41) is 6.96. The first-order chi connectivity index (χ1) is 10.1. The number of hydrogen-bond acceptors (Lipinski definition) is 4. The predicted molar refractivity (Wildman–Crippen MR) is 85.9 cm³/mol. The van der Waals surface area contributed by atoms with Gasteiger partial charge in [0.15, 0.2) is 5.13 Å². The van der Waals surface area contributed by atoms with E-state index in [0.29, 0.717) is 15.8 Å². The molecule has 2 amide bonds. The Labute approximate surface area is 131 Å². The highest BCUT2D eigenvalue weighted by atomic mass is 35.5. The van der Waals surface area contributed by atoms with Crippen LogP contribution in [0.25, 0.3) is 0 Å². The van der Waals surface area contributed by atoms with Gasteiger partial charge in [0.05, 0.1) is 5.69 Å².